The van der Waals surface area contributed by atoms with Gasteiger partial charge in [0.2, 0.25) is 0 Å². The second kappa shape index (κ2) is 8.01. The number of rotatable bonds is 5. The SMILES string of the molecule is COCCNC(=O)N1CCc2c(c(C(=O)Nc3ccccc3)nn2C)C1. The van der Waals surface area contributed by atoms with Gasteiger partial charge in [-0.3, -0.25) is 9.48 Å². The fourth-order valence-corrected chi connectivity index (χ4v) is 3.03. The highest BCUT2D eigenvalue weighted by Crippen LogP contribution is 2.23. The van der Waals surface area contributed by atoms with Gasteiger partial charge >= 0.3 is 6.03 Å². The Morgan fingerprint density at radius 2 is 2.04 bits per heavy atom. The maximum absolute atomic E-state index is 12.7. The molecule has 8 heteroatoms. The number of aryl methyl sites for hydroxylation is 1. The van der Waals surface area contributed by atoms with Crippen LogP contribution < -0.4 is 10.6 Å². The largest absolute Gasteiger partial charge is 0.383 e. The maximum atomic E-state index is 12.7. The minimum Gasteiger partial charge on any atom is -0.383 e. The molecule has 0 radical (unpaired) electrons. The highest BCUT2D eigenvalue weighted by Gasteiger charge is 2.29. The number of hydrogen-bond acceptors (Lipinski definition) is 4. The molecule has 0 fully saturated rings. The molecule has 2 N–H and O–H groups in total. The van der Waals surface area contributed by atoms with Crippen LogP contribution in [0.25, 0.3) is 0 Å². The van der Waals surface area contributed by atoms with E-state index in [0.717, 1.165) is 11.3 Å². The molecule has 2 aromatic rings. The summed E-state index contributed by atoms with van der Waals surface area (Å²) in [6.07, 6.45) is 0.662. The molecule has 0 bridgehead atoms. The van der Waals surface area contributed by atoms with Gasteiger partial charge in [-0.15, -0.1) is 0 Å². The molecule has 0 aliphatic carbocycles. The van der Waals surface area contributed by atoms with Gasteiger partial charge in [0.15, 0.2) is 5.69 Å². The number of nitrogens with zero attached hydrogens (tertiary/aromatic N) is 3. The third kappa shape index (κ3) is 3.85. The Balaban J connectivity index is 1.74. The number of carbonyl (C=O) groups excluding carboxylic acids is 2. The van der Waals surface area contributed by atoms with E-state index in [2.05, 4.69) is 15.7 Å². The first-order valence-electron chi connectivity index (χ1n) is 8.53. The fourth-order valence-electron chi connectivity index (χ4n) is 3.03. The van der Waals surface area contributed by atoms with Gasteiger partial charge in [0, 0.05) is 50.6 Å². The normalized spacial score (nSPS) is 13.2. The van der Waals surface area contributed by atoms with Gasteiger partial charge < -0.3 is 20.3 Å². The Hall–Kier alpha value is -2.87. The van der Waals surface area contributed by atoms with Crippen LogP contribution >= 0.6 is 0 Å². The number of para-hydroxylation sites is 1. The predicted octanol–water partition coefficient (Wildman–Crippen LogP) is 1.39. The van der Waals surface area contributed by atoms with Crippen molar-refractivity contribution in [3.05, 3.63) is 47.3 Å². The average Bonchev–Trinajstić information content (AvgIpc) is 2.99. The van der Waals surface area contributed by atoms with Gasteiger partial charge in [0.05, 0.1) is 13.2 Å². The number of anilines is 1. The van der Waals surface area contributed by atoms with Crippen LogP contribution in [0.5, 0.6) is 0 Å². The molecule has 8 nitrogen and oxygen atoms in total. The highest BCUT2D eigenvalue weighted by molar-refractivity contribution is 6.04. The van der Waals surface area contributed by atoms with E-state index in [1.54, 1.807) is 16.7 Å². The van der Waals surface area contributed by atoms with E-state index in [0.29, 0.717) is 44.0 Å². The molecule has 1 aliphatic rings. The first-order valence-corrected chi connectivity index (χ1v) is 8.53. The summed E-state index contributed by atoms with van der Waals surface area (Å²) in [5.41, 5.74) is 2.86. The van der Waals surface area contributed by atoms with Crippen LogP contribution in [-0.2, 0) is 24.8 Å². The van der Waals surface area contributed by atoms with E-state index in [9.17, 15) is 9.59 Å². The first kappa shape index (κ1) is 17.9. The fraction of sp³-hybridized carbons (Fsp3) is 0.389. The Labute approximate surface area is 152 Å². The lowest BCUT2D eigenvalue weighted by molar-refractivity contribution is 0.101. The van der Waals surface area contributed by atoms with Crippen LogP contribution in [-0.4, -0.2) is 53.4 Å². The minimum absolute atomic E-state index is 0.161. The zero-order valence-corrected chi connectivity index (χ0v) is 15.0. The van der Waals surface area contributed by atoms with Gasteiger partial charge in [-0.05, 0) is 12.1 Å². The van der Waals surface area contributed by atoms with Gasteiger partial charge in [-0.1, -0.05) is 18.2 Å². The van der Waals surface area contributed by atoms with E-state index in [1.165, 1.54) is 0 Å². The standard InChI is InChI=1S/C18H23N5O3/c1-22-15-8-10-23(18(25)19-9-11-26-2)12-14(15)16(21-22)17(24)20-13-6-4-3-5-7-13/h3-7H,8-12H2,1-2H3,(H,19,25)(H,20,24). The van der Waals surface area contributed by atoms with Crippen LogP contribution in [0, 0.1) is 0 Å². The number of ether oxygens (including phenoxy) is 1. The number of urea groups is 1. The Morgan fingerprint density at radius 1 is 1.27 bits per heavy atom. The van der Waals surface area contributed by atoms with Crippen molar-refractivity contribution in [1.82, 2.24) is 20.0 Å². The molecule has 26 heavy (non-hydrogen) atoms. The Morgan fingerprint density at radius 3 is 2.77 bits per heavy atom. The van der Waals surface area contributed by atoms with E-state index < -0.39 is 0 Å². The molecule has 0 atom stereocenters. The number of hydrogen-bond donors (Lipinski definition) is 2. The number of methoxy groups -OCH3 is 1. The zero-order valence-electron chi connectivity index (χ0n) is 15.0. The molecule has 1 aliphatic heterocycles. The van der Waals surface area contributed by atoms with Gasteiger partial charge in [0.25, 0.3) is 5.91 Å². The summed E-state index contributed by atoms with van der Waals surface area (Å²) in [5.74, 6) is -0.269. The van der Waals surface area contributed by atoms with Crippen molar-refractivity contribution in [2.75, 3.05) is 32.1 Å². The summed E-state index contributed by atoms with van der Waals surface area (Å²) in [4.78, 5) is 26.7. The number of benzene rings is 1. The van der Waals surface area contributed by atoms with Gasteiger partial charge in [-0.25, -0.2) is 4.79 Å². The lowest BCUT2D eigenvalue weighted by atomic mass is 10.0. The van der Waals surface area contributed by atoms with E-state index in [-0.39, 0.29) is 11.9 Å². The minimum atomic E-state index is -0.269. The van der Waals surface area contributed by atoms with Crippen molar-refractivity contribution in [3.63, 3.8) is 0 Å². The molecule has 0 unspecified atom stereocenters. The third-order valence-electron chi connectivity index (χ3n) is 4.36. The van der Waals surface area contributed by atoms with E-state index in [4.69, 9.17) is 4.74 Å². The quantitative estimate of drug-likeness (QED) is 0.792. The van der Waals surface area contributed by atoms with Crippen LogP contribution in [0.2, 0.25) is 0 Å². The molecule has 138 valence electrons. The van der Waals surface area contributed by atoms with Crippen molar-refractivity contribution in [2.45, 2.75) is 13.0 Å². The summed E-state index contributed by atoms with van der Waals surface area (Å²) < 4.78 is 6.68. The number of nitrogens with one attached hydrogen (secondary N) is 2. The molecular formula is C18H23N5O3. The highest BCUT2D eigenvalue weighted by atomic mass is 16.5. The number of aromatic nitrogens is 2. The van der Waals surface area contributed by atoms with Crippen molar-refractivity contribution in [2.24, 2.45) is 7.05 Å². The van der Waals surface area contributed by atoms with Crippen LogP contribution in [0.3, 0.4) is 0 Å². The molecule has 3 rings (SSSR count). The first-order chi connectivity index (χ1) is 12.6. The van der Waals surface area contributed by atoms with Crippen molar-refractivity contribution in [1.29, 1.82) is 0 Å². The van der Waals surface area contributed by atoms with E-state index in [1.807, 2.05) is 37.4 Å². The second-order valence-electron chi connectivity index (χ2n) is 6.11. The summed E-state index contributed by atoms with van der Waals surface area (Å²) in [6, 6.07) is 9.08. The van der Waals surface area contributed by atoms with Crippen LogP contribution in [0.15, 0.2) is 30.3 Å². The maximum Gasteiger partial charge on any atom is 0.317 e. The summed E-state index contributed by atoms with van der Waals surface area (Å²) in [6.45, 7) is 1.86. The lowest BCUT2D eigenvalue weighted by Gasteiger charge is -2.27. The predicted molar refractivity (Wildman–Crippen MR) is 97.0 cm³/mol. The molecule has 0 saturated heterocycles. The Bertz CT molecular complexity index is 788. The Kier molecular flexibility index (Phi) is 5.52. The van der Waals surface area contributed by atoms with Gasteiger partial charge in [0.1, 0.15) is 0 Å². The van der Waals surface area contributed by atoms with E-state index >= 15 is 0 Å². The van der Waals surface area contributed by atoms with Gasteiger partial charge in [-0.2, -0.15) is 5.10 Å². The molecule has 0 spiro atoms. The molecule has 3 amide bonds. The molecule has 1 aromatic heterocycles. The smallest absolute Gasteiger partial charge is 0.317 e. The number of carbonyl (C=O) groups is 2. The van der Waals surface area contributed by atoms with Crippen LogP contribution in [0.4, 0.5) is 10.5 Å². The third-order valence-corrected chi connectivity index (χ3v) is 4.36. The summed E-state index contributed by atoms with van der Waals surface area (Å²) >= 11 is 0. The topological polar surface area (TPSA) is 88.5 Å². The summed E-state index contributed by atoms with van der Waals surface area (Å²) in [5, 5.41) is 10.1. The van der Waals surface area contributed by atoms with Crippen LogP contribution in [0.1, 0.15) is 21.7 Å². The van der Waals surface area contributed by atoms with Crippen molar-refractivity contribution < 1.29 is 14.3 Å². The molecular weight excluding hydrogens is 334 g/mol. The number of fused-ring (bicyclic) bond motifs is 1. The average molecular weight is 357 g/mol. The van der Waals surface area contributed by atoms with Crippen molar-refractivity contribution >= 4 is 17.6 Å². The monoisotopic (exact) mass is 357 g/mol. The lowest BCUT2D eigenvalue weighted by Crippen LogP contribution is -2.44. The summed E-state index contributed by atoms with van der Waals surface area (Å²) in [7, 11) is 3.42. The van der Waals surface area contributed by atoms with Crippen molar-refractivity contribution in [3.8, 4) is 0 Å². The molecule has 0 saturated carbocycles. The molecule has 2 heterocycles. The number of amides is 3. The zero-order chi connectivity index (χ0) is 18.5. The molecule has 1 aromatic carbocycles. The second-order valence-corrected chi connectivity index (χ2v) is 6.11.